The monoisotopic (exact) mass is 420 g/mol. The van der Waals surface area contributed by atoms with Crippen LogP contribution in [0, 0.1) is 5.82 Å². The van der Waals surface area contributed by atoms with Gasteiger partial charge < -0.3 is 19.6 Å². The van der Waals surface area contributed by atoms with Gasteiger partial charge in [-0.05, 0) is 63.5 Å². The van der Waals surface area contributed by atoms with Crippen molar-refractivity contribution in [3.63, 3.8) is 0 Å². The molecule has 0 spiro atoms. The summed E-state index contributed by atoms with van der Waals surface area (Å²) in [6.45, 7) is 1.74. The number of benzene rings is 1. The van der Waals surface area contributed by atoms with Gasteiger partial charge in [-0.2, -0.15) is 0 Å². The number of fused-ring (bicyclic) bond motifs is 1. The van der Waals surface area contributed by atoms with Crippen LogP contribution < -0.4 is 5.73 Å². The average Bonchev–Trinajstić information content (AvgIpc) is 3.32. The number of rotatable bonds is 8. The number of primary amides is 1. The molecular formula is C23H25FN6O. The van der Waals surface area contributed by atoms with Gasteiger partial charge in [-0.25, -0.2) is 14.4 Å². The van der Waals surface area contributed by atoms with Gasteiger partial charge in [-0.1, -0.05) is 0 Å². The number of amides is 1. The smallest absolute Gasteiger partial charge is 0.223 e. The Morgan fingerprint density at radius 2 is 1.84 bits per heavy atom. The molecule has 7 nitrogen and oxygen atoms in total. The standard InChI is InChI=1S/C23H25FN6O/c1-28(2)10-3-11-29-15-27-22(16-4-7-18(24)8-5-16)23(29)17-6-9-21-26-13-19(12-20(25)31)30(21)14-17/h4-9,13-15H,3,10-12H2,1-2H3,(H2,25,31). The summed E-state index contributed by atoms with van der Waals surface area (Å²) in [4.78, 5) is 22.6. The molecule has 0 bridgehead atoms. The highest BCUT2D eigenvalue weighted by molar-refractivity contribution is 5.79. The van der Waals surface area contributed by atoms with Gasteiger partial charge in [0.1, 0.15) is 11.5 Å². The molecule has 0 aliphatic heterocycles. The Hall–Kier alpha value is -3.52. The van der Waals surface area contributed by atoms with Crippen LogP contribution in [0.2, 0.25) is 0 Å². The highest BCUT2D eigenvalue weighted by Gasteiger charge is 2.17. The molecule has 4 aromatic rings. The maximum atomic E-state index is 13.5. The Balaban J connectivity index is 1.81. The third kappa shape index (κ3) is 4.49. The molecule has 0 radical (unpaired) electrons. The zero-order chi connectivity index (χ0) is 22.0. The van der Waals surface area contributed by atoms with E-state index in [1.807, 2.05) is 43.2 Å². The summed E-state index contributed by atoms with van der Waals surface area (Å²) < 4.78 is 17.5. The fourth-order valence-electron chi connectivity index (χ4n) is 3.71. The third-order valence-corrected chi connectivity index (χ3v) is 5.17. The molecule has 0 aliphatic rings. The van der Waals surface area contributed by atoms with Crippen LogP contribution in [0.25, 0.3) is 28.2 Å². The number of imidazole rings is 2. The number of aromatic nitrogens is 4. The molecule has 2 N–H and O–H groups in total. The van der Waals surface area contributed by atoms with Crippen molar-refractivity contribution in [2.75, 3.05) is 20.6 Å². The molecule has 0 unspecified atom stereocenters. The van der Waals surface area contributed by atoms with Crippen molar-refractivity contribution in [3.8, 4) is 22.5 Å². The number of hydrogen-bond acceptors (Lipinski definition) is 4. The van der Waals surface area contributed by atoms with Gasteiger partial charge in [0.05, 0.1) is 29.8 Å². The lowest BCUT2D eigenvalue weighted by atomic mass is 10.1. The number of pyridine rings is 1. The largest absolute Gasteiger partial charge is 0.369 e. The van der Waals surface area contributed by atoms with Crippen LogP contribution in [0.15, 0.2) is 55.1 Å². The zero-order valence-corrected chi connectivity index (χ0v) is 17.6. The van der Waals surface area contributed by atoms with Crippen LogP contribution in [0.4, 0.5) is 4.39 Å². The number of carbonyl (C=O) groups is 1. The molecule has 3 aromatic heterocycles. The van der Waals surface area contributed by atoms with Crippen molar-refractivity contribution in [1.29, 1.82) is 0 Å². The Morgan fingerprint density at radius 3 is 2.55 bits per heavy atom. The average molecular weight is 420 g/mol. The van der Waals surface area contributed by atoms with Crippen molar-refractivity contribution in [3.05, 3.63) is 66.6 Å². The summed E-state index contributed by atoms with van der Waals surface area (Å²) in [5.74, 6) is -0.695. The fourth-order valence-corrected chi connectivity index (χ4v) is 3.71. The molecule has 31 heavy (non-hydrogen) atoms. The van der Waals surface area contributed by atoms with E-state index in [-0.39, 0.29) is 12.2 Å². The van der Waals surface area contributed by atoms with Crippen molar-refractivity contribution < 1.29 is 9.18 Å². The zero-order valence-electron chi connectivity index (χ0n) is 17.6. The normalized spacial score (nSPS) is 11.5. The van der Waals surface area contributed by atoms with Crippen LogP contribution in [0.3, 0.4) is 0 Å². The first-order valence-corrected chi connectivity index (χ1v) is 10.1. The summed E-state index contributed by atoms with van der Waals surface area (Å²) in [6.07, 6.45) is 6.51. The van der Waals surface area contributed by atoms with E-state index in [2.05, 4.69) is 19.4 Å². The number of nitrogens with two attached hydrogens (primary N) is 1. The maximum Gasteiger partial charge on any atom is 0.223 e. The molecule has 0 aliphatic carbocycles. The molecule has 0 saturated carbocycles. The molecule has 0 atom stereocenters. The third-order valence-electron chi connectivity index (χ3n) is 5.17. The van der Waals surface area contributed by atoms with Crippen LogP contribution in [0.5, 0.6) is 0 Å². The molecule has 0 fully saturated rings. The first-order chi connectivity index (χ1) is 14.9. The lowest BCUT2D eigenvalue weighted by Gasteiger charge is -2.14. The van der Waals surface area contributed by atoms with Crippen LogP contribution >= 0.6 is 0 Å². The molecule has 1 aromatic carbocycles. The van der Waals surface area contributed by atoms with E-state index in [4.69, 9.17) is 5.73 Å². The van der Waals surface area contributed by atoms with Crippen LogP contribution in [-0.2, 0) is 17.8 Å². The van der Waals surface area contributed by atoms with E-state index in [0.717, 1.165) is 53.4 Å². The Bertz CT molecular complexity index is 1210. The predicted octanol–water partition coefficient (Wildman–Crippen LogP) is 2.98. The quantitative estimate of drug-likeness (QED) is 0.475. The van der Waals surface area contributed by atoms with Gasteiger partial charge in [0.15, 0.2) is 0 Å². The Labute approximate surface area is 180 Å². The number of hydrogen-bond donors (Lipinski definition) is 1. The van der Waals surface area contributed by atoms with E-state index in [0.29, 0.717) is 0 Å². The lowest BCUT2D eigenvalue weighted by Crippen LogP contribution is -2.15. The van der Waals surface area contributed by atoms with Crippen molar-refractivity contribution in [2.24, 2.45) is 5.73 Å². The minimum absolute atomic E-state index is 0.109. The Kier molecular flexibility index (Phi) is 5.81. The van der Waals surface area contributed by atoms with Crippen molar-refractivity contribution >= 4 is 11.6 Å². The van der Waals surface area contributed by atoms with Gasteiger partial charge >= 0.3 is 0 Å². The number of halogens is 1. The van der Waals surface area contributed by atoms with E-state index >= 15 is 0 Å². The second-order valence-electron chi connectivity index (χ2n) is 7.84. The summed E-state index contributed by atoms with van der Waals surface area (Å²) in [5, 5.41) is 0. The summed E-state index contributed by atoms with van der Waals surface area (Å²) in [5.41, 5.74) is 10.3. The van der Waals surface area contributed by atoms with E-state index in [9.17, 15) is 9.18 Å². The van der Waals surface area contributed by atoms with Gasteiger partial charge in [0, 0.05) is 30.1 Å². The van der Waals surface area contributed by atoms with Crippen LogP contribution in [-0.4, -0.2) is 50.4 Å². The fraction of sp³-hybridized carbons (Fsp3) is 0.261. The van der Waals surface area contributed by atoms with Gasteiger partial charge in [0.25, 0.3) is 0 Å². The second kappa shape index (κ2) is 8.69. The van der Waals surface area contributed by atoms with Crippen molar-refractivity contribution in [2.45, 2.75) is 19.4 Å². The highest BCUT2D eigenvalue weighted by atomic mass is 19.1. The molecule has 0 saturated heterocycles. The lowest BCUT2D eigenvalue weighted by molar-refractivity contribution is -0.117. The Morgan fingerprint density at radius 1 is 1.10 bits per heavy atom. The molecule has 1 amide bonds. The first kappa shape index (κ1) is 20.7. The SMILES string of the molecule is CN(C)CCCn1cnc(-c2ccc(F)cc2)c1-c1ccc2ncc(CC(N)=O)n2c1. The molecule has 8 heteroatoms. The van der Waals surface area contributed by atoms with E-state index < -0.39 is 5.91 Å². The number of aryl methyl sites for hydroxylation is 1. The molecule has 160 valence electrons. The molecule has 3 heterocycles. The highest BCUT2D eigenvalue weighted by Crippen LogP contribution is 2.32. The van der Waals surface area contributed by atoms with Gasteiger partial charge in [0.2, 0.25) is 5.91 Å². The number of nitrogens with zero attached hydrogens (tertiary/aromatic N) is 5. The number of carbonyl (C=O) groups excluding carboxylic acids is 1. The summed E-state index contributed by atoms with van der Waals surface area (Å²) >= 11 is 0. The maximum absolute atomic E-state index is 13.5. The topological polar surface area (TPSA) is 81.4 Å². The first-order valence-electron chi connectivity index (χ1n) is 10.1. The van der Waals surface area contributed by atoms with Gasteiger partial charge in [-0.3, -0.25) is 4.79 Å². The predicted molar refractivity (Wildman–Crippen MR) is 118 cm³/mol. The molecular weight excluding hydrogens is 395 g/mol. The summed E-state index contributed by atoms with van der Waals surface area (Å²) in [7, 11) is 4.10. The second-order valence-corrected chi connectivity index (χ2v) is 7.84. The van der Waals surface area contributed by atoms with E-state index in [1.165, 1.54) is 12.1 Å². The van der Waals surface area contributed by atoms with Crippen LogP contribution in [0.1, 0.15) is 12.1 Å². The summed E-state index contributed by atoms with van der Waals surface area (Å²) in [6, 6.07) is 10.2. The van der Waals surface area contributed by atoms with Gasteiger partial charge in [-0.15, -0.1) is 0 Å². The minimum atomic E-state index is -0.409. The minimum Gasteiger partial charge on any atom is -0.369 e. The molecule has 4 rings (SSSR count). The van der Waals surface area contributed by atoms with Crippen molar-refractivity contribution in [1.82, 2.24) is 23.8 Å². The van der Waals surface area contributed by atoms with E-state index in [1.54, 1.807) is 18.3 Å².